The lowest BCUT2D eigenvalue weighted by Crippen LogP contribution is -1.93. The zero-order valence-electron chi connectivity index (χ0n) is 8.80. The highest BCUT2D eigenvalue weighted by molar-refractivity contribution is 7.71. The van der Waals surface area contributed by atoms with Crippen molar-refractivity contribution in [1.82, 2.24) is 15.2 Å². The summed E-state index contributed by atoms with van der Waals surface area (Å²) < 4.78 is 5.98. The predicted molar refractivity (Wildman–Crippen MR) is 63.8 cm³/mol. The number of nitrogens with zero attached hydrogens (tertiary/aromatic N) is 2. The highest BCUT2D eigenvalue weighted by atomic mass is 32.1. The zero-order valence-corrected chi connectivity index (χ0v) is 9.62. The lowest BCUT2D eigenvalue weighted by Gasteiger charge is -2.04. The van der Waals surface area contributed by atoms with Crippen LogP contribution >= 0.6 is 12.2 Å². The van der Waals surface area contributed by atoms with Gasteiger partial charge in [-0.1, -0.05) is 12.2 Å². The molecule has 2 aromatic rings. The number of nitrogens with one attached hydrogen (secondary N) is 1. The van der Waals surface area contributed by atoms with Crippen molar-refractivity contribution < 1.29 is 4.74 Å². The van der Waals surface area contributed by atoms with E-state index in [1.807, 2.05) is 19.1 Å². The van der Waals surface area contributed by atoms with Crippen LogP contribution in [0.25, 0.3) is 11.3 Å². The molecule has 0 aliphatic heterocycles. The molecule has 2 heterocycles. The van der Waals surface area contributed by atoms with E-state index >= 15 is 0 Å². The van der Waals surface area contributed by atoms with Crippen LogP contribution in [0.3, 0.4) is 0 Å². The van der Waals surface area contributed by atoms with Gasteiger partial charge in [0.25, 0.3) is 0 Å². The highest BCUT2D eigenvalue weighted by Crippen LogP contribution is 2.19. The van der Waals surface area contributed by atoms with Crippen molar-refractivity contribution >= 4 is 12.2 Å². The summed E-state index contributed by atoms with van der Waals surface area (Å²) in [5.74, 6) is 0.740. The molecule has 0 aliphatic rings. The van der Waals surface area contributed by atoms with E-state index in [1.165, 1.54) is 0 Å². The quantitative estimate of drug-likeness (QED) is 0.828. The fourth-order valence-electron chi connectivity index (χ4n) is 1.31. The summed E-state index contributed by atoms with van der Waals surface area (Å²) in [7, 11) is 0. The Bertz CT molecular complexity index is 518. The molecule has 0 radical (unpaired) electrons. The van der Waals surface area contributed by atoms with Gasteiger partial charge in [0.15, 0.2) is 0 Å². The van der Waals surface area contributed by atoms with E-state index in [2.05, 4.69) is 15.2 Å². The summed E-state index contributed by atoms with van der Waals surface area (Å²) in [4.78, 5) is 4.10. The van der Waals surface area contributed by atoms with Crippen LogP contribution in [0.4, 0.5) is 0 Å². The van der Waals surface area contributed by atoms with E-state index in [9.17, 15) is 0 Å². The Morgan fingerprint density at radius 1 is 1.38 bits per heavy atom. The lowest BCUT2D eigenvalue weighted by atomic mass is 10.2. The van der Waals surface area contributed by atoms with Gasteiger partial charge in [0.2, 0.25) is 0 Å². The van der Waals surface area contributed by atoms with Gasteiger partial charge in [-0.3, -0.25) is 10.1 Å². The van der Waals surface area contributed by atoms with Crippen molar-refractivity contribution in [2.75, 3.05) is 6.61 Å². The van der Waals surface area contributed by atoms with Crippen LogP contribution in [-0.2, 0) is 0 Å². The summed E-state index contributed by atoms with van der Waals surface area (Å²) in [6.45, 7) is 2.56. The van der Waals surface area contributed by atoms with E-state index < -0.39 is 0 Å². The molecule has 0 unspecified atom stereocenters. The molecule has 2 aromatic heterocycles. The molecule has 5 heteroatoms. The summed E-state index contributed by atoms with van der Waals surface area (Å²) in [5.41, 5.74) is 1.69. The van der Waals surface area contributed by atoms with Crippen LogP contribution in [0.2, 0.25) is 0 Å². The van der Waals surface area contributed by atoms with Gasteiger partial charge in [0, 0.05) is 11.8 Å². The summed E-state index contributed by atoms with van der Waals surface area (Å²) in [6.07, 6.45) is 3.42. The van der Waals surface area contributed by atoms with Crippen molar-refractivity contribution in [3.05, 3.63) is 35.2 Å². The minimum atomic E-state index is 0.609. The number of pyridine rings is 1. The van der Waals surface area contributed by atoms with Gasteiger partial charge in [-0.15, -0.1) is 0 Å². The Balaban J connectivity index is 2.36. The average Bonchev–Trinajstić information content (AvgIpc) is 2.31. The van der Waals surface area contributed by atoms with Gasteiger partial charge < -0.3 is 4.74 Å². The lowest BCUT2D eigenvalue weighted by molar-refractivity contribution is 0.339. The number of hydrogen-bond donors (Lipinski definition) is 1. The molecule has 1 N–H and O–H groups in total. The normalized spacial score (nSPS) is 10.1. The van der Waals surface area contributed by atoms with Gasteiger partial charge in [0.1, 0.15) is 10.4 Å². The van der Waals surface area contributed by atoms with Crippen molar-refractivity contribution in [1.29, 1.82) is 0 Å². The van der Waals surface area contributed by atoms with Crippen LogP contribution in [0.15, 0.2) is 30.6 Å². The SMILES string of the molecule is CCOc1cncc(-c2ccc(=S)[nH]n2)c1. The minimum absolute atomic E-state index is 0.609. The van der Waals surface area contributed by atoms with Crippen molar-refractivity contribution in [3.63, 3.8) is 0 Å². The molecule has 0 amide bonds. The van der Waals surface area contributed by atoms with Crippen LogP contribution in [0.5, 0.6) is 5.75 Å². The molecule has 82 valence electrons. The van der Waals surface area contributed by atoms with Crippen molar-refractivity contribution in [2.45, 2.75) is 6.92 Å². The fraction of sp³-hybridized carbons (Fsp3) is 0.182. The molecule has 0 saturated heterocycles. The molecule has 0 aliphatic carbocycles. The van der Waals surface area contributed by atoms with E-state index in [0.717, 1.165) is 17.0 Å². The van der Waals surface area contributed by atoms with Crippen molar-refractivity contribution in [3.8, 4) is 17.0 Å². The van der Waals surface area contributed by atoms with E-state index in [4.69, 9.17) is 17.0 Å². The first kappa shape index (κ1) is 10.8. The minimum Gasteiger partial charge on any atom is -0.492 e. The second-order valence-electron chi connectivity index (χ2n) is 3.15. The molecular formula is C11H11N3OS. The van der Waals surface area contributed by atoms with Gasteiger partial charge >= 0.3 is 0 Å². The Labute approximate surface area is 98.3 Å². The maximum atomic E-state index is 5.37. The van der Waals surface area contributed by atoms with Gasteiger partial charge in [-0.05, 0) is 25.1 Å². The molecule has 0 atom stereocenters. The average molecular weight is 233 g/mol. The van der Waals surface area contributed by atoms with Crippen LogP contribution in [0, 0.1) is 4.64 Å². The molecule has 2 rings (SSSR count). The van der Waals surface area contributed by atoms with Gasteiger partial charge in [-0.25, -0.2) is 0 Å². The summed E-state index contributed by atoms with van der Waals surface area (Å²) >= 11 is 4.93. The topological polar surface area (TPSA) is 50.8 Å². The van der Waals surface area contributed by atoms with Crippen LogP contribution in [0.1, 0.15) is 6.92 Å². The number of rotatable bonds is 3. The summed E-state index contributed by atoms with van der Waals surface area (Å²) in [5, 5.41) is 6.87. The molecule has 0 spiro atoms. The molecular weight excluding hydrogens is 222 g/mol. The maximum Gasteiger partial charge on any atom is 0.138 e. The number of H-pyrrole nitrogens is 1. The van der Waals surface area contributed by atoms with Crippen LogP contribution in [-0.4, -0.2) is 21.8 Å². The van der Waals surface area contributed by atoms with Gasteiger partial charge in [0.05, 0.1) is 18.5 Å². The molecule has 4 nitrogen and oxygen atoms in total. The fourth-order valence-corrected chi connectivity index (χ4v) is 1.42. The number of ether oxygens (including phenoxy) is 1. The highest BCUT2D eigenvalue weighted by Gasteiger charge is 2.01. The maximum absolute atomic E-state index is 5.37. The van der Waals surface area contributed by atoms with E-state index in [0.29, 0.717) is 11.2 Å². The Morgan fingerprint density at radius 3 is 2.94 bits per heavy atom. The standard InChI is InChI=1S/C11H11N3OS/c1-2-15-9-5-8(6-12-7-9)10-3-4-11(16)14-13-10/h3-7H,2H2,1H3,(H,14,16). The monoisotopic (exact) mass is 233 g/mol. The smallest absolute Gasteiger partial charge is 0.138 e. The first-order chi connectivity index (χ1) is 7.79. The first-order valence-corrected chi connectivity index (χ1v) is 5.34. The molecule has 0 fully saturated rings. The largest absolute Gasteiger partial charge is 0.492 e. The third-order valence-corrected chi connectivity index (χ3v) is 2.23. The zero-order chi connectivity index (χ0) is 11.4. The van der Waals surface area contributed by atoms with E-state index in [1.54, 1.807) is 18.5 Å². The predicted octanol–water partition coefficient (Wildman–Crippen LogP) is 2.60. The third-order valence-electron chi connectivity index (χ3n) is 2.00. The first-order valence-electron chi connectivity index (χ1n) is 4.93. The number of aromatic nitrogens is 3. The Hall–Kier alpha value is -1.75. The van der Waals surface area contributed by atoms with Crippen molar-refractivity contribution in [2.24, 2.45) is 0 Å². The second kappa shape index (κ2) is 4.85. The van der Waals surface area contributed by atoms with Gasteiger partial charge in [-0.2, -0.15) is 5.10 Å². The number of aromatic amines is 1. The van der Waals surface area contributed by atoms with Crippen LogP contribution < -0.4 is 4.74 Å². The molecule has 0 saturated carbocycles. The molecule has 0 aromatic carbocycles. The number of hydrogen-bond acceptors (Lipinski definition) is 4. The third kappa shape index (κ3) is 2.43. The van der Waals surface area contributed by atoms with E-state index in [-0.39, 0.29) is 0 Å². The Morgan fingerprint density at radius 2 is 2.25 bits per heavy atom. The summed E-state index contributed by atoms with van der Waals surface area (Å²) in [6, 6.07) is 5.55. The second-order valence-corrected chi connectivity index (χ2v) is 3.59. The molecule has 16 heavy (non-hydrogen) atoms. The molecule has 0 bridgehead atoms. The Kier molecular flexibility index (Phi) is 3.26.